The van der Waals surface area contributed by atoms with Gasteiger partial charge in [0.1, 0.15) is 12.9 Å². The molecular weight excluding hydrogens is 132 g/mol. The molecule has 0 aromatic carbocycles. The lowest BCUT2D eigenvalue weighted by Gasteiger charge is -1.96. The van der Waals surface area contributed by atoms with Crippen LogP contribution in [-0.2, 0) is 4.74 Å². The Balaban J connectivity index is 2.59. The number of rotatable bonds is 2. The summed E-state index contributed by atoms with van der Waals surface area (Å²) in [4.78, 5) is 14.6. The number of hydrogen-bond donors (Lipinski definition) is 0. The number of aromatic nitrogens is 2. The lowest BCUT2D eigenvalue weighted by Crippen LogP contribution is -2.14. The van der Waals surface area contributed by atoms with E-state index in [-0.39, 0.29) is 12.5 Å². The van der Waals surface area contributed by atoms with Gasteiger partial charge in [-0.15, -0.1) is 0 Å². The summed E-state index contributed by atoms with van der Waals surface area (Å²) in [6.07, 6.45) is 4.58. The van der Waals surface area contributed by atoms with Crippen LogP contribution in [0.25, 0.3) is 0 Å². The van der Waals surface area contributed by atoms with Crippen LogP contribution in [0, 0.1) is 0 Å². The summed E-state index contributed by atoms with van der Waals surface area (Å²) in [6, 6.07) is 0. The van der Waals surface area contributed by atoms with E-state index in [1.54, 1.807) is 12.4 Å². The molecule has 1 heterocycles. The van der Waals surface area contributed by atoms with Crippen LogP contribution < -0.4 is 0 Å². The molecule has 0 aliphatic rings. The molecule has 10 heavy (non-hydrogen) atoms. The molecule has 54 valence electrons. The van der Waals surface area contributed by atoms with Gasteiger partial charge in [0.15, 0.2) is 0 Å². The van der Waals surface area contributed by atoms with E-state index in [0.717, 1.165) is 0 Å². The third-order valence-corrected chi connectivity index (χ3v) is 1.06. The van der Waals surface area contributed by atoms with Gasteiger partial charge in [-0.1, -0.05) is 0 Å². The van der Waals surface area contributed by atoms with E-state index in [9.17, 15) is 4.79 Å². The molecule has 0 fully saturated rings. The van der Waals surface area contributed by atoms with E-state index in [4.69, 9.17) is 0 Å². The monoisotopic (exact) mass is 140 g/mol. The molecule has 0 saturated heterocycles. The van der Waals surface area contributed by atoms with Crippen LogP contribution in [0.2, 0.25) is 0 Å². The number of imidazole rings is 1. The third-order valence-electron chi connectivity index (χ3n) is 1.06. The molecule has 0 aliphatic heterocycles. The highest BCUT2D eigenvalue weighted by Gasteiger charge is 2.00. The zero-order valence-electron chi connectivity index (χ0n) is 5.65. The maximum absolute atomic E-state index is 10.9. The first-order valence-electron chi connectivity index (χ1n) is 2.84. The topological polar surface area (TPSA) is 44.1 Å². The molecule has 4 nitrogen and oxygen atoms in total. The number of nitrogens with zero attached hydrogens (tertiary/aromatic N) is 2. The number of methoxy groups -OCH3 is 1. The molecule has 0 unspecified atom stereocenters. The fourth-order valence-electron chi connectivity index (χ4n) is 0.605. The highest BCUT2D eigenvalue weighted by Crippen LogP contribution is 1.85. The summed E-state index contributed by atoms with van der Waals surface area (Å²) in [6.45, 7) is 0.0936. The zero-order valence-corrected chi connectivity index (χ0v) is 5.65. The summed E-state index contributed by atoms with van der Waals surface area (Å²) < 4.78 is 6.01. The van der Waals surface area contributed by atoms with Crippen LogP contribution in [0.15, 0.2) is 18.7 Å². The number of carbonyl (C=O) groups excluding carboxylic acids is 1. The average Bonchev–Trinajstić information content (AvgIpc) is 2.38. The molecule has 0 aliphatic carbocycles. The van der Waals surface area contributed by atoms with Crippen molar-refractivity contribution in [1.82, 2.24) is 9.55 Å². The average molecular weight is 140 g/mol. The Hall–Kier alpha value is -1.16. The third kappa shape index (κ3) is 1.41. The smallest absolute Gasteiger partial charge is 0.257 e. The SMILES string of the molecule is COCC(=O)n1ccnc1. The molecule has 0 radical (unpaired) electrons. The Kier molecular flexibility index (Phi) is 2.17. The fraction of sp³-hybridized carbons (Fsp3) is 0.333. The molecule has 0 N–H and O–H groups in total. The van der Waals surface area contributed by atoms with Gasteiger partial charge in [0.05, 0.1) is 0 Å². The minimum atomic E-state index is -0.111. The van der Waals surface area contributed by atoms with Gasteiger partial charge in [-0.3, -0.25) is 9.36 Å². The Labute approximate surface area is 58.4 Å². The van der Waals surface area contributed by atoms with Gasteiger partial charge in [0.25, 0.3) is 5.91 Å². The summed E-state index contributed by atoms with van der Waals surface area (Å²) in [5.74, 6) is -0.111. The summed E-state index contributed by atoms with van der Waals surface area (Å²) in [5.41, 5.74) is 0. The molecule has 1 aromatic rings. The van der Waals surface area contributed by atoms with Crippen molar-refractivity contribution in [3.05, 3.63) is 18.7 Å². The zero-order chi connectivity index (χ0) is 7.40. The Morgan fingerprint density at radius 2 is 2.60 bits per heavy atom. The van der Waals surface area contributed by atoms with Gasteiger partial charge in [-0.2, -0.15) is 0 Å². The van der Waals surface area contributed by atoms with E-state index < -0.39 is 0 Å². The molecule has 0 atom stereocenters. The Morgan fingerprint density at radius 1 is 1.80 bits per heavy atom. The lowest BCUT2D eigenvalue weighted by molar-refractivity contribution is 0.0761. The minimum absolute atomic E-state index is 0.0936. The molecule has 0 amide bonds. The molecule has 0 saturated carbocycles. The molecule has 0 spiro atoms. The van der Waals surface area contributed by atoms with Gasteiger partial charge in [-0.25, -0.2) is 4.98 Å². The molecule has 1 rings (SSSR count). The van der Waals surface area contributed by atoms with Crippen molar-refractivity contribution < 1.29 is 9.53 Å². The van der Waals surface area contributed by atoms with Gasteiger partial charge in [-0.05, 0) is 0 Å². The van der Waals surface area contributed by atoms with Gasteiger partial charge < -0.3 is 4.74 Å². The van der Waals surface area contributed by atoms with Crippen LogP contribution in [0.1, 0.15) is 4.79 Å². The standard InChI is InChI=1S/C6H8N2O2/c1-10-4-6(9)8-3-2-7-5-8/h2-3,5H,4H2,1H3. The molecular formula is C6H8N2O2. The normalized spacial score (nSPS) is 9.70. The van der Waals surface area contributed by atoms with E-state index in [0.29, 0.717) is 0 Å². The molecule has 4 heteroatoms. The van der Waals surface area contributed by atoms with Crippen molar-refractivity contribution in [3.8, 4) is 0 Å². The maximum Gasteiger partial charge on any atom is 0.257 e. The predicted octanol–water partition coefficient (Wildman–Crippen LogP) is 0.170. The van der Waals surface area contributed by atoms with E-state index in [1.807, 2.05) is 0 Å². The van der Waals surface area contributed by atoms with Crippen molar-refractivity contribution in [3.63, 3.8) is 0 Å². The van der Waals surface area contributed by atoms with Crippen LogP contribution in [-0.4, -0.2) is 29.2 Å². The molecule has 0 bridgehead atoms. The van der Waals surface area contributed by atoms with E-state index in [1.165, 1.54) is 18.0 Å². The van der Waals surface area contributed by atoms with Crippen molar-refractivity contribution in [2.75, 3.05) is 13.7 Å². The van der Waals surface area contributed by atoms with Gasteiger partial charge in [0.2, 0.25) is 0 Å². The van der Waals surface area contributed by atoms with Crippen molar-refractivity contribution >= 4 is 5.91 Å². The number of hydrogen-bond acceptors (Lipinski definition) is 3. The first-order chi connectivity index (χ1) is 4.84. The fourth-order valence-corrected chi connectivity index (χ4v) is 0.605. The second kappa shape index (κ2) is 3.12. The summed E-state index contributed by atoms with van der Waals surface area (Å²) in [7, 11) is 1.48. The lowest BCUT2D eigenvalue weighted by atomic mass is 10.6. The second-order valence-corrected chi connectivity index (χ2v) is 1.80. The minimum Gasteiger partial charge on any atom is -0.375 e. The number of ether oxygens (including phenoxy) is 1. The Morgan fingerprint density at radius 3 is 3.10 bits per heavy atom. The summed E-state index contributed by atoms with van der Waals surface area (Å²) >= 11 is 0. The first kappa shape index (κ1) is 6.95. The highest BCUT2D eigenvalue weighted by atomic mass is 16.5. The maximum atomic E-state index is 10.9. The van der Waals surface area contributed by atoms with Gasteiger partial charge in [0, 0.05) is 19.5 Å². The van der Waals surface area contributed by atoms with Crippen LogP contribution in [0.4, 0.5) is 0 Å². The second-order valence-electron chi connectivity index (χ2n) is 1.80. The quantitative estimate of drug-likeness (QED) is 0.588. The summed E-state index contributed by atoms with van der Waals surface area (Å²) in [5, 5.41) is 0. The predicted molar refractivity (Wildman–Crippen MR) is 34.7 cm³/mol. The number of carbonyl (C=O) groups is 1. The van der Waals surface area contributed by atoms with E-state index in [2.05, 4.69) is 9.72 Å². The largest absolute Gasteiger partial charge is 0.375 e. The van der Waals surface area contributed by atoms with Crippen LogP contribution in [0.3, 0.4) is 0 Å². The van der Waals surface area contributed by atoms with Gasteiger partial charge >= 0.3 is 0 Å². The van der Waals surface area contributed by atoms with Crippen molar-refractivity contribution in [1.29, 1.82) is 0 Å². The first-order valence-corrected chi connectivity index (χ1v) is 2.84. The van der Waals surface area contributed by atoms with Crippen LogP contribution in [0.5, 0.6) is 0 Å². The van der Waals surface area contributed by atoms with Crippen molar-refractivity contribution in [2.45, 2.75) is 0 Å². The van der Waals surface area contributed by atoms with E-state index >= 15 is 0 Å². The highest BCUT2D eigenvalue weighted by molar-refractivity contribution is 5.79. The molecule has 1 aromatic heterocycles. The Bertz CT molecular complexity index is 206. The van der Waals surface area contributed by atoms with Crippen molar-refractivity contribution in [2.24, 2.45) is 0 Å². The van der Waals surface area contributed by atoms with Crippen LogP contribution >= 0.6 is 0 Å².